The van der Waals surface area contributed by atoms with Gasteiger partial charge in [0.1, 0.15) is 0 Å². The highest BCUT2D eigenvalue weighted by atomic mass is 127. The van der Waals surface area contributed by atoms with Crippen LogP contribution in [0.5, 0.6) is 11.5 Å². The van der Waals surface area contributed by atoms with Crippen molar-refractivity contribution in [1.82, 2.24) is 10.2 Å². The van der Waals surface area contributed by atoms with Gasteiger partial charge in [-0.3, -0.25) is 4.99 Å². The van der Waals surface area contributed by atoms with E-state index < -0.39 is 0 Å². The summed E-state index contributed by atoms with van der Waals surface area (Å²) in [4.78, 5) is 8.03. The summed E-state index contributed by atoms with van der Waals surface area (Å²) in [6, 6.07) is 8.37. The number of benzene rings is 1. The van der Waals surface area contributed by atoms with Crippen LogP contribution >= 0.6 is 35.3 Å². The van der Waals surface area contributed by atoms with E-state index in [1.165, 1.54) is 16.0 Å². The fourth-order valence-electron chi connectivity index (χ4n) is 2.98. The number of rotatable bonds is 4. The SMILES string of the molecule is CN=C(NCc1cccs1)N1CCc2cc(OC)c(OC)cc2C1.I. The molecule has 3 rings (SSSR count). The molecule has 0 unspecified atom stereocenters. The number of nitrogens with one attached hydrogen (secondary N) is 1. The van der Waals surface area contributed by atoms with Gasteiger partial charge in [-0.2, -0.15) is 0 Å². The number of aliphatic imine (C=N–C) groups is 1. The van der Waals surface area contributed by atoms with Gasteiger partial charge in [0.15, 0.2) is 17.5 Å². The molecule has 0 aliphatic carbocycles. The van der Waals surface area contributed by atoms with Crippen LogP contribution in [0.2, 0.25) is 0 Å². The molecule has 7 heteroatoms. The standard InChI is InChI=1S/C18H23N3O2S.HI/c1-19-18(20-11-15-5-4-8-24-15)21-7-6-13-9-16(22-2)17(23-3)10-14(13)12-21;/h4-5,8-10H,6-7,11-12H2,1-3H3,(H,19,20);1H. The van der Waals surface area contributed by atoms with Crippen molar-refractivity contribution < 1.29 is 9.47 Å². The Labute approximate surface area is 170 Å². The predicted octanol–water partition coefficient (Wildman–Crippen LogP) is 3.52. The van der Waals surface area contributed by atoms with E-state index in [-0.39, 0.29) is 24.0 Å². The Hall–Kier alpha value is -1.48. The molecule has 0 fully saturated rings. The van der Waals surface area contributed by atoms with Gasteiger partial charge in [-0.1, -0.05) is 6.07 Å². The molecule has 1 aliphatic rings. The molecule has 0 bridgehead atoms. The normalized spacial score (nSPS) is 13.7. The highest BCUT2D eigenvalue weighted by molar-refractivity contribution is 14.0. The van der Waals surface area contributed by atoms with Crippen LogP contribution in [-0.4, -0.2) is 38.7 Å². The van der Waals surface area contributed by atoms with Crippen LogP contribution in [0.4, 0.5) is 0 Å². The monoisotopic (exact) mass is 473 g/mol. The van der Waals surface area contributed by atoms with Gasteiger partial charge in [-0.25, -0.2) is 0 Å². The minimum atomic E-state index is 0. The number of fused-ring (bicyclic) bond motifs is 1. The number of nitrogens with zero attached hydrogens (tertiary/aromatic N) is 2. The first-order valence-corrected chi connectivity index (χ1v) is 8.85. The molecule has 0 saturated carbocycles. The average molecular weight is 473 g/mol. The van der Waals surface area contributed by atoms with Crippen molar-refractivity contribution in [3.8, 4) is 11.5 Å². The third-order valence-electron chi connectivity index (χ3n) is 4.23. The predicted molar refractivity (Wildman–Crippen MR) is 114 cm³/mol. The molecule has 0 radical (unpaired) electrons. The second-order valence-electron chi connectivity index (χ2n) is 5.63. The van der Waals surface area contributed by atoms with Crippen LogP contribution in [0.25, 0.3) is 0 Å². The van der Waals surface area contributed by atoms with Crippen molar-refractivity contribution in [2.45, 2.75) is 19.5 Å². The van der Waals surface area contributed by atoms with E-state index in [4.69, 9.17) is 9.47 Å². The molecular formula is C18H24IN3O2S. The van der Waals surface area contributed by atoms with E-state index in [9.17, 15) is 0 Å². The quantitative estimate of drug-likeness (QED) is 0.420. The lowest BCUT2D eigenvalue weighted by Crippen LogP contribution is -2.43. The lowest BCUT2D eigenvalue weighted by molar-refractivity contribution is 0.346. The molecule has 1 N–H and O–H groups in total. The largest absolute Gasteiger partial charge is 0.493 e. The molecule has 136 valence electrons. The minimum Gasteiger partial charge on any atom is -0.493 e. The first-order valence-electron chi connectivity index (χ1n) is 7.97. The van der Waals surface area contributed by atoms with Crippen molar-refractivity contribution in [1.29, 1.82) is 0 Å². The Bertz CT molecular complexity index is 719. The zero-order valence-corrected chi connectivity index (χ0v) is 17.9. The van der Waals surface area contributed by atoms with Crippen molar-refractivity contribution in [3.63, 3.8) is 0 Å². The lowest BCUT2D eigenvalue weighted by Gasteiger charge is -2.32. The minimum absolute atomic E-state index is 0. The molecule has 1 aromatic heterocycles. The van der Waals surface area contributed by atoms with Gasteiger partial charge in [0.2, 0.25) is 0 Å². The fourth-order valence-corrected chi connectivity index (χ4v) is 3.62. The van der Waals surface area contributed by atoms with Crippen molar-refractivity contribution >= 4 is 41.3 Å². The highest BCUT2D eigenvalue weighted by Gasteiger charge is 2.21. The van der Waals surface area contributed by atoms with Crippen LogP contribution in [0, 0.1) is 0 Å². The maximum Gasteiger partial charge on any atom is 0.194 e. The Morgan fingerprint density at radius 2 is 1.96 bits per heavy atom. The molecular weight excluding hydrogens is 449 g/mol. The smallest absolute Gasteiger partial charge is 0.194 e. The summed E-state index contributed by atoms with van der Waals surface area (Å²) in [6.45, 7) is 2.56. The number of hydrogen-bond acceptors (Lipinski definition) is 4. The van der Waals surface area contributed by atoms with Gasteiger partial charge in [0, 0.05) is 25.0 Å². The third kappa shape index (κ3) is 4.58. The molecule has 0 spiro atoms. The number of hydrogen-bond donors (Lipinski definition) is 1. The van der Waals surface area contributed by atoms with Gasteiger partial charge in [-0.15, -0.1) is 35.3 Å². The number of halogens is 1. The second kappa shape index (κ2) is 9.28. The summed E-state index contributed by atoms with van der Waals surface area (Å²) < 4.78 is 10.8. The number of ether oxygens (including phenoxy) is 2. The Morgan fingerprint density at radius 3 is 2.56 bits per heavy atom. The van der Waals surface area contributed by atoms with Gasteiger partial charge in [0.25, 0.3) is 0 Å². The number of thiophene rings is 1. The van der Waals surface area contributed by atoms with E-state index in [0.717, 1.165) is 43.5 Å². The van der Waals surface area contributed by atoms with Crippen LogP contribution in [0.1, 0.15) is 16.0 Å². The summed E-state index contributed by atoms with van der Waals surface area (Å²) in [5.41, 5.74) is 2.58. The van der Waals surface area contributed by atoms with E-state index in [1.807, 2.05) is 7.05 Å². The van der Waals surface area contributed by atoms with E-state index in [2.05, 4.69) is 44.9 Å². The summed E-state index contributed by atoms with van der Waals surface area (Å²) >= 11 is 1.75. The van der Waals surface area contributed by atoms with Gasteiger partial charge in [-0.05, 0) is 41.1 Å². The first kappa shape index (κ1) is 19.8. The summed E-state index contributed by atoms with van der Waals surface area (Å²) in [5, 5.41) is 5.55. The van der Waals surface area contributed by atoms with E-state index >= 15 is 0 Å². The zero-order valence-electron chi connectivity index (χ0n) is 14.7. The molecule has 1 aliphatic heterocycles. The Balaban J connectivity index is 0.00000225. The fraction of sp³-hybridized carbons (Fsp3) is 0.389. The average Bonchev–Trinajstić information content (AvgIpc) is 3.14. The molecule has 0 atom stereocenters. The lowest BCUT2D eigenvalue weighted by atomic mass is 9.99. The molecule has 5 nitrogen and oxygen atoms in total. The van der Waals surface area contributed by atoms with Crippen LogP contribution < -0.4 is 14.8 Å². The Kier molecular flexibility index (Phi) is 7.37. The van der Waals surface area contributed by atoms with E-state index in [1.54, 1.807) is 25.6 Å². The van der Waals surface area contributed by atoms with Crippen LogP contribution in [0.3, 0.4) is 0 Å². The van der Waals surface area contributed by atoms with Gasteiger partial charge < -0.3 is 19.7 Å². The first-order chi connectivity index (χ1) is 11.7. The number of methoxy groups -OCH3 is 2. The molecule has 25 heavy (non-hydrogen) atoms. The summed E-state index contributed by atoms with van der Waals surface area (Å²) in [6.07, 6.45) is 0.968. The van der Waals surface area contributed by atoms with Crippen LogP contribution in [0.15, 0.2) is 34.6 Å². The summed E-state index contributed by atoms with van der Waals surface area (Å²) in [5.74, 6) is 2.51. The molecule has 0 saturated heterocycles. The van der Waals surface area contributed by atoms with Gasteiger partial charge in [0.05, 0.1) is 20.8 Å². The number of guanidine groups is 1. The molecule has 1 aromatic carbocycles. The second-order valence-corrected chi connectivity index (χ2v) is 6.66. The Morgan fingerprint density at radius 1 is 1.24 bits per heavy atom. The maximum absolute atomic E-state index is 5.43. The van der Waals surface area contributed by atoms with Crippen molar-refractivity contribution in [2.75, 3.05) is 27.8 Å². The van der Waals surface area contributed by atoms with Crippen molar-refractivity contribution in [2.24, 2.45) is 4.99 Å². The summed E-state index contributed by atoms with van der Waals surface area (Å²) in [7, 11) is 5.18. The molecule has 2 aromatic rings. The maximum atomic E-state index is 5.43. The van der Waals surface area contributed by atoms with E-state index in [0.29, 0.717) is 0 Å². The van der Waals surface area contributed by atoms with Gasteiger partial charge >= 0.3 is 0 Å². The third-order valence-corrected chi connectivity index (χ3v) is 5.11. The zero-order chi connectivity index (χ0) is 16.9. The van der Waals surface area contributed by atoms with Crippen molar-refractivity contribution in [3.05, 3.63) is 45.6 Å². The molecule has 0 amide bonds. The molecule has 2 heterocycles. The topological polar surface area (TPSA) is 46.1 Å². The van der Waals surface area contributed by atoms with Crippen LogP contribution in [-0.2, 0) is 19.5 Å². The highest BCUT2D eigenvalue weighted by Crippen LogP contribution is 2.33.